The average molecular weight is 461 g/mol. The Labute approximate surface area is 188 Å². The van der Waals surface area contributed by atoms with E-state index in [9.17, 15) is 18.0 Å². The first-order valence-electron chi connectivity index (χ1n) is 10.1. The van der Waals surface area contributed by atoms with Crippen molar-refractivity contribution in [2.75, 3.05) is 23.3 Å². The van der Waals surface area contributed by atoms with Gasteiger partial charge in [-0.05, 0) is 55.3 Å². The number of anilines is 2. The van der Waals surface area contributed by atoms with Gasteiger partial charge in [-0.15, -0.1) is 10.2 Å². The molecule has 1 aliphatic rings. The SMILES string of the molecule is O=C(Nc1cccc(C(F)(F)F)c1)C1CCCN(c2ccc(-c3ccc(Cl)cc3)nn2)C1. The maximum atomic E-state index is 12.9. The van der Waals surface area contributed by atoms with Crippen molar-refractivity contribution in [1.82, 2.24) is 10.2 Å². The largest absolute Gasteiger partial charge is 0.416 e. The highest BCUT2D eigenvalue weighted by atomic mass is 35.5. The van der Waals surface area contributed by atoms with Crippen LogP contribution in [0.25, 0.3) is 11.3 Å². The van der Waals surface area contributed by atoms with Gasteiger partial charge in [0.05, 0.1) is 17.2 Å². The standard InChI is InChI=1S/C23H20ClF3N4O/c24-18-8-6-15(7-9-18)20-10-11-21(30-29-20)31-12-2-3-16(14-31)22(32)28-19-5-1-4-17(13-19)23(25,26)27/h1,4-11,13,16H,2-3,12,14H2,(H,28,32). The zero-order valence-corrected chi connectivity index (χ0v) is 17.7. The van der Waals surface area contributed by atoms with Crippen molar-refractivity contribution in [1.29, 1.82) is 0 Å². The zero-order valence-electron chi connectivity index (χ0n) is 16.9. The average Bonchev–Trinajstić information content (AvgIpc) is 2.79. The highest BCUT2D eigenvalue weighted by molar-refractivity contribution is 6.30. The Morgan fingerprint density at radius 3 is 2.53 bits per heavy atom. The molecule has 0 radical (unpaired) electrons. The summed E-state index contributed by atoms with van der Waals surface area (Å²) in [5.74, 6) is -0.0184. The van der Waals surface area contributed by atoms with E-state index in [4.69, 9.17) is 11.6 Å². The van der Waals surface area contributed by atoms with E-state index < -0.39 is 11.7 Å². The molecule has 1 fully saturated rings. The predicted molar refractivity (Wildman–Crippen MR) is 117 cm³/mol. The Kier molecular flexibility index (Phi) is 6.32. The van der Waals surface area contributed by atoms with Crippen molar-refractivity contribution in [3.63, 3.8) is 0 Å². The third-order valence-electron chi connectivity index (χ3n) is 5.36. The van der Waals surface area contributed by atoms with Gasteiger partial charge in [-0.2, -0.15) is 13.2 Å². The quantitative estimate of drug-likeness (QED) is 0.545. The van der Waals surface area contributed by atoms with E-state index in [1.807, 2.05) is 29.2 Å². The highest BCUT2D eigenvalue weighted by Gasteiger charge is 2.31. The number of benzene rings is 2. The molecular formula is C23H20ClF3N4O. The second-order valence-corrected chi connectivity index (χ2v) is 8.07. The van der Waals surface area contributed by atoms with Crippen LogP contribution in [0.15, 0.2) is 60.7 Å². The maximum Gasteiger partial charge on any atom is 0.416 e. The molecule has 9 heteroatoms. The Balaban J connectivity index is 1.42. The van der Waals surface area contributed by atoms with Crippen molar-refractivity contribution < 1.29 is 18.0 Å². The van der Waals surface area contributed by atoms with Crippen molar-refractivity contribution in [3.8, 4) is 11.3 Å². The molecule has 1 unspecified atom stereocenters. The lowest BCUT2D eigenvalue weighted by molar-refractivity contribution is -0.137. The molecule has 0 saturated carbocycles. The number of hydrogen-bond donors (Lipinski definition) is 1. The monoisotopic (exact) mass is 460 g/mol. The van der Waals surface area contributed by atoms with E-state index in [0.717, 1.165) is 30.7 Å². The van der Waals surface area contributed by atoms with Crippen LogP contribution in [0, 0.1) is 5.92 Å². The minimum absolute atomic E-state index is 0.133. The molecule has 166 valence electrons. The summed E-state index contributed by atoms with van der Waals surface area (Å²) in [6.45, 7) is 1.14. The number of aromatic nitrogens is 2. The number of nitrogens with one attached hydrogen (secondary N) is 1. The molecule has 1 atom stereocenters. The summed E-state index contributed by atoms with van der Waals surface area (Å²) in [7, 11) is 0. The summed E-state index contributed by atoms with van der Waals surface area (Å²) >= 11 is 5.92. The third-order valence-corrected chi connectivity index (χ3v) is 5.62. The molecule has 2 aromatic carbocycles. The number of amides is 1. The molecule has 5 nitrogen and oxygen atoms in total. The number of rotatable bonds is 4. The van der Waals surface area contributed by atoms with Crippen LogP contribution in [-0.4, -0.2) is 29.2 Å². The van der Waals surface area contributed by atoms with Crippen LogP contribution in [-0.2, 0) is 11.0 Å². The van der Waals surface area contributed by atoms with Gasteiger partial charge < -0.3 is 10.2 Å². The molecule has 1 saturated heterocycles. The molecule has 1 N–H and O–H groups in total. The first-order valence-corrected chi connectivity index (χ1v) is 10.5. The molecule has 32 heavy (non-hydrogen) atoms. The summed E-state index contributed by atoms with van der Waals surface area (Å²) in [6.07, 6.45) is -3.04. The van der Waals surface area contributed by atoms with Gasteiger partial charge in [-0.3, -0.25) is 4.79 Å². The van der Waals surface area contributed by atoms with Crippen molar-refractivity contribution in [2.45, 2.75) is 19.0 Å². The van der Waals surface area contributed by atoms with Crippen molar-refractivity contribution in [2.24, 2.45) is 5.92 Å². The minimum atomic E-state index is -4.46. The topological polar surface area (TPSA) is 58.1 Å². The van der Waals surface area contributed by atoms with E-state index in [2.05, 4.69) is 15.5 Å². The summed E-state index contributed by atoms with van der Waals surface area (Å²) in [4.78, 5) is 14.7. The molecule has 3 aromatic rings. The molecule has 4 rings (SSSR count). The van der Waals surface area contributed by atoms with Crippen LogP contribution in [0.3, 0.4) is 0 Å². The first-order chi connectivity index (χ1) is 15.3. The van der Waals surface area contributed by atoms with E-state index in [0.29, 0.717) is 29.5 Å². The number of nitrogens with zero attached hydrogens (tertiary/aromatic N) is 3. The molecule has 2 heterocycles. The third kappa shape index (κ3) is 5.19. The van der Waals surface area contributed by atoms with Crippen LogP contribution in [0.2, 0.25) is 5.02 Å². The second kappa shape index (κ2) is 9.16. The van der Waals surface area contributed by atoms with Crippen LogP contribution in [0.1, 0.15) is 18.4 Å². The second-order valence-electron chi connectivity index (χ2n) is 7.64. The van der Waals surface area contributed by atoms with E-state index in [-0.39, 0.29) is 17.5 Å². The van der Waals surface area contributed by atoms with Gasteiger partial charge in [0.1, 0.15) is 0 Å². The van der Waals surface area contributed by atoms with E-state index in [1.54, 1.807) is 12.1 Å². The predicted octanol–water partition coefficient (Wildman–Crippen LogP) is 5.67. The van der Waals surface area contributed by atoms with Gasteiger partial charge in [-0.1, -0.05) is 29.8 Å². The molecule has 0 bridgehead atoms. The molecule has 0 spiro atoms. The maximum absolute atomic E-state index is 12.9. The number of carbonyl (C=O) groups excluding carboxylic acids is 1. The first kappa shape index (κ1) is 22.1. The number of alkyl halides is 3. The van der Waals surface area contributed by atoms with Gasteiger partial charge >= 0.3 is 6.18 Å². The number of hydrogen-bond acceptors (Lipinski definition) is 4. The van der Waals surface area contributed by atoms with Crippen molar-refractivity contribution in [3.05, 3.63) is 71.2 Å². The molecule has 1 aromatic heterocycles. The Morgan fingerprint density at radius 2 is 1.84 bits per heavy atom. The van der Waals surface area contributed by atoms with Crippen LogP contribution in [0.5, 0.6) is 0 Å². The number of piperidine rings is 1. The van der Waals surface area contributed by atoms with Gasteiger partial charge in [0.2, 0.25) is 5.91 Å². The molecule has 0 aliphatic carbocycles. The Morgan fingerprint density at radius 1 is 1.06 bits per heavy atom. The molecular weight excluding hydrogens is 441 g/mol. The Hall–Kier alpha value is -3.13. The van der Waals surface area contributed by atoms with Crippen LogP contribution >= 0.6 is 11.6 Å². The number of halogens is 4. The summed E-state index contributed by atoms with van der Waals surface area (Å²) < 4.78 is 38.7. The number of carbonyl (C=O) groups is 1. The minimum Gasteiger partial charge on any atom is -0.354 e. The van der Waals surface area contributed by atoms with Crippen LogP contribution in [0.4, 0.5) is 24.7 Å². The fourth-order valence-electron chi connectivity index (χ4n) is 3.69. The fraction of sp³-hybridized carbons (Fsp3) is 0.261. The smallest absolute Gasteiger partial charge is 0.354 e. The van der Waals surface area contributed by atoms with Gasteiger partial charge in [0.25, 0.3) is 0 Å². The van der Waals surface area contributed by atoms with Gasteiger partial charge in [0.15, 0.2) is 5.82 Å². The van der Waals surface area contributed by atoms with E-state index in [1.165, 1.54) is 12.1 Å². The lowest BCUT2D eigenvalue weighted by Gasteiger charge is -2.32. The zero-order chi connectivity index (χ0) is 22.7. The summed E-state index contributed by atoms with van der Waals surface area (Å²) in [6, 6.07) is 15.7. The lowest BCUT2D eigenvalue weighted by atomic mass is 9.97. The van der Waals surface area contributed by atoms with Gasteiger partial charge in [-0.25, -0.2) is 0 Å². The summed E-state index contributed by atoms with van der Waals surface area (Å²) in [5, 5.41) is 11.8. The Bertz CT molecular complexity index is 1090. The molecule has 1 aliphatic heterocycles. The summed E-state index contributed by atoms with van der Waals surface area (Å²) in [5.41, 5.74) is 0.942. The lowest BCUT2D eigenvalue weighted by Crippen LogP contribution is -2.41. The highest BCUT2D eigenvalue weighted by Crippen LogP contribution is 2.31. The normalized spacial score (nSPS) is 16.6. The molecule has 1 amide bonds. The fourth-order valence-corrected chi connectivity index (χ4v) is 3.81. The van der Waals surface area contributed by atoms with Crippen molar-refractivity contribution >= 4 is 29.0 Å². The van der Waals surface area contributed by atoms with Gasteiger partial charge in [0, 0.05) is 29.4 Å². The van der Waals surface area contributed by atoms with E-state index >= 15 is 0 Å². The van der Waals surface area contributed by atoms with Crippen LogP contribution < -0.4 is 10.2 Å².